The van der Waals surface area contributed by atoms with Crippen LogP contribution in [0, 0.1) is 0 Å². The van der Waals surface area contributed by atoms with E-state index in [9.17, 15) is 4.79 Å². The summed E-state index contributed by atoms with van der Waals surface area (Å²) in [6.07, 6.45) is 0.552. The minimum absolute atomic E-state index is 0.390. The van der Waals surface area contributed by atoms with Crippen molar-refractivity contribution < 1.29 is 13.9 Å². The fraction of sp³-hybridized carbons (Fsp3) is 0.417. The minimum Gasteiger partial charge on any atom is -0.468 e. The second kappa shape index (κ2) is 7.92. The van der Waals surface area contributed by atoms with Gasteiger partial charge in [0.1, 0.15) is 6.04 Å². The van der Waals surface area contributed by atoms with Crippen LogP contribution in [0.15, 0.2) is 20.3 Å². The van der Waals surface area contributed by atoms with E-state index in [-0.39, 0.29) is 5.97 Å². The lowest BCUT2D eigenvalue weighted by Gasteiger charge is -2.07. The van der Waals surface area contributed by atoms with E-state index in [1.165, 1.54) is 18.4 Å². The Morgan fingerprint density at radius 1 is 1.57 bits per heavy atom. The second-order valence-electron chi connectivity index (χ2n) is 4.08. The van der Waals surface area contributed by atoms with Crippen LogP contribution in [0.25, 0.3) is 10.8 Å². The topological polar surface area (TPSA) is 91.2 Å². The molecule has 0 aromatic carbocycles. The minimum atomic E-state index is -0.579. The maximum absolute atomic E-state index is 11.1. The van der Waals surface area contributed by atoms with Crippen molar-refractivity contribution in [2.24, 2.45) is 5.73 Å². The van der Waals surface area contributed by atoms with E-state index < -0.39 is 6.04 Å². The molecule has 0 saturated heterocycles. The molecule has 9 heteroatoms. The summed E-state index contributed by atoms with van der Waals surface area (Å²) >= 11 is 6.52. The zero-order valence-electron chi connectivity index (χ0n) is 11.2. The number of carbonyl (C=O) groups excluding carboxylic acids is 1. The van der Waals surface area contributed by atoms with Crippen molar-refractivity contribution in [3.63, 3.8) is 0 Å². The molecule has 0 fully saturated rings. The smallest absolute Gasteiger partial charge is 0.322 e. The number of carbonyl (C=O) groups is 1. The number of nitrogens with zero attached hydrogens (tertiary/aromatic N) is 2. The highest BCUT2D eigenvalue weighted by molar-refractivity contribution is 9.11. The first kappa shape index (κ1) is 16.5. The van der Waals surface area contributed by atoms with Gasteiger partial charge in [-0.05, 0) is 40.2 Å². The van der Waals surface area contributed by atoms with Gasteiger partial charge in [-0.15, -0.1) is 21.5 Å². The van der Waals surface area contributed by atoms with Crippen molar-refractivity contribution >= 4 is 45.0 Å². The molecule has 1 atom stereocenters. The van der Waals surface area contributed by atoms with E-state index in [4.69, 9.17) is 10.2 Å². The van der Waals surface area contributed by atoms with Crippen molar-refractivity contribution in [3.8, 4) is 10.8 Å². The maximum atomic E-state index is 11.1. The number of thiophene rings is 1. The summed E-state index contributed by atoms with van der Waals surface area (Å²) in [6.45, 7) is 0. The zero-order valence-corrected chi connectivity index (χ0v) is 14.5. The van der Waals surface area contributed by atoms with Gasteiger partial charge < -0.3 is 14.9 Å². The largest absolute Gasteiger partial charge is 0.468 e. The summed E-state index contributed by atoms with van der Waals surface area (Å²) in [5, 5.41) is 8.02. The van der Waals surface area contributed by atoms with Crippen LogP contribution in [-0.4, -0.2) is 35.1 Å². The Kier molecular flexibility index (Phi) is 6.22. The molecule has 0 aliphatic rings. The van der Waals surface area contributed by atoms with Gasteiger partial charge >= 0.3 is 5.97 Å². The molecule has 0 aliphatic heterocycles. The Hall–Kier alpha value is -0.900. The fourth-order valence-corrected chi connectivity index (χ4v) is 3.64. The van der Waals surface area contributed by atoms with E-state index in [0.717, 1.165) is 14.4 Å². The van der Waals surface area contributed by atoms with E-state index >= 15 is 0 Å². The summed E-state index contributed by atoms with van der Waals surface area (Å²) in [5.74, 6) is 2.00. The number of rotatable bonds is 7. The van der Waals surface area contributed by atoms with Gasteiger partial charge in [-0.3, -0.25) is 4.79 Å². The number of aromatic nitrogens is 2. The summed E-state index contributed by atoms with van der Waals surface area (Å²) in [4.78, 5) is 12.1. The van der Waals surface area contributed by atoms with E-state index in [1.54, 1.807) is 11.8 Å². The number of methoxy groups -OCH3 is 1. The number of nitrogens with two attached hydrogens (primary N) is 1. The van der Waals surface area contributed by atoms with Crippen LogP contribution in [0.4, 0.5) is 0 Å². The normalized spacial score (nSPS) is 12.3. The lowest BCUT2D eigenvalue weighted by atomic mass is 10.2. The predicted octanol–water partition coefficient (Wildman–Crippen LogP) is 2.68. The fourth-order valence-electron chi connectivity index (χ4n) is 1.48. The van der Waals surface area contributed by atoms with Gasteiger partial charge in [-0.1, -0.05) is 0 Å². The Bertz CT molecular complexity index is 602. The predicted molar refractivity (Wildman–Crippen MR) is 86.1 cm³/mol. The van der Waals surface area contributed by atoms with Crippen molar-refractivity contribution in [1.29, 1.82) is 0 Å². The number of hydrogen-bond acceptors (Lipinski definition) is 8. The molecule has 0 radical (unpaired) electrons. The van der Waals surface area contributed by atoms with Crippen LogP contribution in [-0.2, 0) is 15.3 Å². The summed E-state index contributed by atoms with van der Waals surface area (Å²) in [5.41, 5.74) is 5.65. The van der Waals surface area contributed by atoms with Gasteiger partial charge in [0.2, 0.25) is 5.89 Å². The molecule has 0 aliphatic carbocycles. The molecule has 0 amide bonds. The number of ether oxygens (including phenoxy) is 1. The Labute approximate surface area is 138 Å². The monoisotopic (exact) mass is 391 g/mol. The average Bonchev–Trinajstić information content (AvgIpc) is 3.11. The van der Waals surface area contributed by atoms with Crippen molar-refractivity contribution in [2.45, 2.75) is 18.2 Å². The molecule has 0 saturated carbocycles. The maximum Gasteiger partial charge on any atom is 0.322 e. The first-order chi connectivity index (χ1) is 10.1. The van der Waals surface area contributed by atoms with Crippen LogP contribution in [0.3, 0.4) is 0 Å². The molecule has 114 valence electrons. The van der Waals surface area contributed by atoms with Gasteiger partial charge in [-0.25, -0.2) is 0 Å². The van der Waals surface area contributed by atoms with Crippen LogP contribution in [0.1, 0.15) is 12.3 Å². The van der Waals surface area contributed by atoms with Gasteiger partial charge in [0.05, 0.1) is 21.5 Å². The molecule has 2 heterocycles. The number of halogens is 1. The molecule has 1 unspecified atom stereocenters. The van der Waals surface area contributed by atoms with Gasteiger partial charge in [0.15, 0.2) is 0 Å². The average molecular weight is 392 g/mol. The standard InChI is InChI=1S/C12H14BrN3O3S2/c1-18-12(17)7(14)4-5-20-6-10-15-16-11(19-10)8-2-3-9(13)21-8/h2-3,7H,4-6,14H2,1H3. The molecule has 0 bridgehead atoms. The van der Waals surface area contributed by atoms with Gasteiger partial charge in [-0.2, -0.15) is 11.8 Å². The van der Waals surface area contributed by atoms with E-state index in [2.05, 4.69) is 30.9 Å². The highest BCUT2D eigenvalue weighted by Gasteiger charge is 2.14. The van der Waals surface area contributed by atoms with Crippen LogP contribution < -0.4 is 5.73 Å². The Balaban J connectivity index is 1.77. The molecule has 21 heavy (non-hydrogen) atoms. The summed E-state index contributed by atoms with van der Waals surface area (Å²) < 4.78 is 11.2. The molecule has 2 aromatic heterocycles. The number of esters is 1. The van der Waals surface area contributed by atoms with Crippen molar-refractivity contribution in [1.82, 2.24) is 10.2 Å². The highest BCUT2D eigenvalue weighted by atomic mass is 79.9. The molecular weight excluding hydrogens is 378 g/mol. The van der Waals surface area contributed by atoms with E-state index in [1.807, 2.05) is 12.1 Å². The molecule has 2 aromatic rings. The quantitative estimate of drug-likeness (QED) is 0.572. The van der Waals surface area contributed by atoms with Crippen LogP contribution in [0.2, 0.25) is 0 Å². The number of hydrogen-bond donors (Lipinski definition) is 1. The highest BCUT2D eigenvalue weighted by Crippen LogP contribution is 2.30. The third-order valence-electron chi connectivity index (χ3n) is 2.55. The molecule has 2 rings (SSSR count). The second-order valence-corrected chi connectivity index (χ2v) is 7.64. The lowest BCUT2D eigenvalue weighted by Crippen LogP contribution is -2.31. The van der Waals surface area contributed by atoms with Crippen LogP contribution in [0.5, 0.6) is 0 Å². The first-order valence-corrected chi connectivity index (χ1v) is 8.86. The third-order valence-corrected chi connectivity index (χ3v) is 5.14. The van der Waals surface area contributed by atoms with Crippen LogP contribution >= 0.6 is 39.0 Å². The van der Waals surface area contributed by atoms with Crippen molar-refractivity contribution in [2.75, 3.05) is 12.9 Å². The SMILES string of the molecule is COC(=O)C(N)CCSCc1nnc(-c2ccc(Br)s2)o1. The zero-order chi connectivity index (χ0) is 15.2. The summed E-state index contributed by atoms with van der Waals surface area (Å²) in [7, 11) is 1.33. The Morgan fingerprint density at radius 3 is 3.05 bits per heavy atom. The molecule has 2 N–H and O–H groups in total. The van der Waals surface area contributed by atoms with E-state index in [0.29, 0.717) is 24.0 Å². The van der Waals surface area contributed by atoms with Gasteiger partial charge in [0, 0.05) is 0 Å². The summed E-state index contributed by atoms with van der Waals surface area (Å²) in [6, 6.07) is 3.28. The number of thioether (sulfide) groups is 1. The first-order valence-electron chi connectivity index (χ1n) is 6.09. The molecular formula is C12H14BrN3O3S2. The molecule has 6 nitrogen and oxygen atoms in total. The Morgan fingerprint density at radius 2 is 2.38 bits per heavy atom. The van der Waals surface area contributed by atoms with Crippen molar-refractivity contribution in [3.05, 3.63) is 21.8 Å². The third kappa shape index (κ3) is 4.80. The molecule has 0 spiro atoms. The van der Waals surface area contributed by atoms with Gasteiger partial charge in [0.25, 0.3) is 5.89 Å². The lowest BCUT2D eigenvalue weighted by molar-refractivity contribution is -0.142.